The second kappa shape index (κ2) is 7.58. The van der Waals surface area contributed by atoms with E-state index in [1.165, 1.54) is 0 Å². The average molecular weight is 250 g/mol. The zero-order valence-electron chi connectivity index (χ0n) is 11.0. The summed E-state index contributed by atoms with van der Waals surface area (Å²) in [6.07, 6.45) is 3.89. The Hall–Kier alpha value is -1.71. The molecule has 1 amide bonds. The van der Waals surface area contributed by atoms with Crippen molar-refractivity contribution < 1.29 is 14.3 Å². The lowest BCUT2D eigenvalue weighted by Gasteiger charge is -2.12. The van der Waals surface area contributed by atoms with Crippen molar-refractivity contribution in [2.45, 2.75) is 32.1 Å². The van der Waals surface area contributed by atoms with Crippen LogP contribution in [0.2, 0.25) is 0 Å². The van der Waals surface area contributed by atoms with Gasteiger partial charge in [-0.1, -0.05) is 12.5 Å². The number of carbonyl (C=O) groups excluding carboxylic acids is 1. The standard InChI is InChI=1S/C14H20NO3/c1-17-12-8-6-9-13(18-2)11(12)7-4-3-5-10-14(15)16/h6,8-9,15H,3-5,7,10H2,1-2H3. The molecule has 18 heavy (non-hydrogen) atoms. The van der Waals surface area contributed by atoms with Crippen LogP contribution in [0.4, 0.5) is 0 Å². The van der Waals surface area contributed by atoms with Crippen LogP contribution in [0.1, 0.15) is 31.2 Å². The van der Waals surface area contributed by atoms with Gasteiger partial charge in [-0.2, -0.15) is 0 Å². The maximum absolute atomic E-state index is 10.5. The van der Waals surface area contributed by atoms with Gasteiger partial charge in [-0.05, 0) is 31.4 Å². The number of nitrogens with one attached hydrogen (secondary N) is 1. The van der Waals surface area contributed by atoms with Crippen LogP contribution in [0.5, 0.6) is 11.5 Å². The van der Waals surface area contributed by atoms with E-state index in [2.05, 4.69) is 0 Å². The molecule has 0 atom stereocenters. The van der Waals surface area contributed by atoms with Crippen LogP contribution in [0.15, 0.2) is 18.2 Å². The molecule has 0 spiro atoms. The first-order valence-electron chi connectivity index (χ1n) is 6.13. The van der Waals surface area contributed by atoms with Crippen LogP contribution < -0.4 is 15.2 Å². The summed E-state index contributed by atoms with van der Waals surface area (Å²) in [7, 11) is 3.30. The molecule has 1 N–H and O–H groups in total. The fourth-order valence-electron chi connectivity index (χ4n) is 1.94. The van der Waals surface area contributed by atoms with Gasteiger partial charge in [0.2, 0.25) is 5.91 Å². The monoisotopic (exact) mass is 250 g/mol. The number of unbranched alkanes of at least 4 members (excludes halogenated alkanes) is 2. The van der Waals surface area contributed by atoms with Crippen molar-refractivity contribution in [3.8, 4) is 11.5 Å². The van der Waals surface area contributed by atoms with Gasteiger partial charge in [0, 0.05) is 12.0 Å². The third-order valence-electron chi connectivity index (χ3n) is 2.86. The molecule has 0 aliphatic carbocycles. The molecule has 0 fully saturated rings. The summed E-state index contributed by atoms with van der Waals surface area (Å²) in [5.41, 5.74) is 7.90. The van der Waals surface area contributed by atoms with Crippen LogP contribution in [0.25, 0.3) is 0 Å². The molecule has 1 aromatic rings. The lowest BCUT2D eigenvalue weighted by Crippen LogP contribution is -1.99. The van der Waals surface area contributed by atoms with Crippen molar-refractivity contribution in [2.24, 2.45) is 0 Å². The van der Waals surface area contributed by atoms with E-state index < -0.39 is 5.91 Å². The predicted molar refractivity (Wildman–Crippen MR) is 69.8 cm³/mol. The van der Waals surface area contributed by atoms with Gasteiger partial charge in [0.1, 0.15) is 11.5 Å². The zero-order chi connectivity index (χ0) is 13.4. The number of amides is 1. The largest absolute Gasteiger partial charge is 0.496 e. The van der Waals surface area contributed by atoms with Gasteiger partial charge in [-0.3, -0.25) is 10.5 Å². The van der Waals surface area contributed by atoms with E-state index in [9.17, 15) is 4.79 Å². The van der Waals surface area contributed by atoms with Gasteiger partial charge in [0.25, 0.3) is 0 Å². The molecule has 1 rings (SSSR count). The number of rotatable bonds is 8. The molecule has 1 radical (unpaired) electrons. The first kappa shape index (κ1) is 14.4. The van der Waals surface area contributed by atoms with E-state index in [1.54, 1.807) is 14.2 Å². The van der Waals surface area contributed by atoms with E-state index in [1.807, 2.05) is 18.2 Å². The van der Waals surface area contributed by atoms with Crippen molar-refractivity contribution >= 4 is 5.91 Å². The normalized spacial score (nSPS) is 10.1. The molecule has 0 saturated carbocycles. The minimum Gasteiger partial charge on any atom is -0.496 e. The van der Waals surface area contributed by atoms with Crippen molar-refractivity contribution in [1.29, 1.82) is 0 Å². The van der Waals surface area contributed by atoms with Crippen LogP contribution in [-0.4, -0.2) is 20.1 Å². The molecule has 0 unspecified atom stereocenters. The Morgan fingerprint density at radius 3 is 2.22 bits per heavy atom. The summed E-state index contributed by atoms with van der Waals surface area (Å²) in [5, 5.41) is 0. The smallest absolute Gasteiger partial charge is 0.238 e. The molecule has 1 aromatic carbocycles. The number of hydrogen-bond acceptors (Lipinski definition) is 3. The highest BCUT2D eigenvalue weighted by Crippen LogP contribution is 2.29. The highest BCUT2D eigenvalue weighted by Gasteiger charge is 2.09. The van der Waals surface area contributed by atoms with Gasteiger partial charge in [-0.15, -0.1) is 0 Å². The summed E-state index contributed by atoms with van der Waals surface area (Å²) >= 11 is 0. The molecule has 0 saturated heterocycles. The molecule has 0 aromatic heterocycles. The molecule has 4 nitrogen and oxygen atoms in total. The predicted octanol–water partition coefficient (Wildman–Crippen LogP) is 2.62. The Kier molecular flexibility index (Phi) is 6.05. The second-order valence-electron chi connectivity index (χ2n) is 4.12. The molecular weight excluding hydrogens is 230 g/mol. The Morgan fingerprint density at radius 2 is 1.72 bits per heavy atom. The Labute approximate surface area is 108 Å². The molecule has 4 heteroatoms. The minimum atomic E-state index is -0.482. The number of benzene rings is 1. The first-order chi connectivity index (χ1) is 8.69. The van der Waals surface area contributed by atoms with Gasteiger partial charge in [-0.25, -0.2) is 0 Å². The van der Waals surface area contributed by atoms with E-state index in [4.69, 9.17) is 15.2 Å². The third-order valence-corrected chi connectivity index (χ3v) is 2.86. The van der Waals surface area contributed by atoms with Crippen LogP contribution >= 0.6 is 0 Å². The second-order valence-corrected chi connectivity index (χ2v) is 4.12. The summed E-state index contributed by atoms with van der Waals surface area (Å²) < 4.78 is 10.6. The SMILES string of the molecule is COc1cccc(OC)c1CCCCCC([NH])=O. The topological polar surface area (TPSA) is 59.3 Å². The van der Waals surface area contributed by atoms with Crippen molar-refractivity contribution in [3.05, 3.63) is 23.8 Å². The molecule has 99 valence electrons. The van der Waals surface area contributed by atoms with E-state index in [0.29, 0.717) is 6.42 Å². The van der Waals surface area contributed by atoms with E-state index in [-0.39, 0.29) is 0 Å². The van der Waals surface area contributed by atoms with Crippen molar-refractivity contribution in [2.75, 3.05) is 14.2 Å². The summed E-state index contributed by atoms with van der Waals surface area (Å²) in [4.78, 5) is 10.5. The van der Waals surface area contributed by atoms with Crippen LogP contribution in [-0.2, 0) is 11.2 Å². The van der Waals surface area contributed by atoms with Gasteiger partial charge in [0.05, 0.1) is 14.2 Å². The van der Waals surface area contributed by atoms with Crippen LogP contribution in [0, 0.1) is 0 Å². The van der Waals surface area contributed by atoms with Crippen molar-refractivity contribution in [3.63, 3.8) is 0 Å². The zero-order valence-corrected chi connectivity index (χ0v) is 11.0. The number of hydrogen-bond donors (Lipinski definition) is 0. The Morgan fingerprint density at radius 1 is 1.11 bits per heavy atom. The molecule has 0 bridgehead atoms. The third kappa shape index (κ3) is 4.28. The number of ether oxygens (including phenoxy) is 2. The van der Waals surface area contributed by atoms with Gasteiger partial charge < -0.3 is 9.47 Å². The number of methoxy groups -OCH3 is 2. The fourth-order valence-corrected chi connectivity index (χ4v) is 1.94. The van der Waals surface area contributed by atoms with Crippen molar-refractivity contribution in [1.82, 2.24) is 5.73 Å². The molecular formula is C14H20NO3. The fraction of sp³-hybridized carbons (Fsp3) is 0.500. The minimum absolute atomic E-state index is 0.350. The van der Waals surface area contributed by atoms with Gasteiger partial charge in [0.15, 0.2) is 0 Å². The van der Waals surface area contributed by atoms with Crippen LogP contribution in [0.3, 0.4) is 0 Å². The lowest BCUT2D eigenvalue weighted by atomic mass is 10.0. The highest BCUT2D eigenvalue weighted by atomic mass is 16.5. The Balaban J connectivity index is 2.52. The van der Waals surface area contributed by atoms with Gasteiger partial charge >= 0.3 is 0 Å². The first-order valence-corrected chi connectivity index (χ1v) is 6.13. The molecule has 0 aliphatic heterocycles. The molecule has 0 aliphatic rings. The average Bonchev–Trinajstić information content (AvgIpc) is 2.37. The van der Waals surface area contributed by atoms with E-state index in [0.717, 1.165) is 42.7 Å². The maximum atomic E-state index is 10.5. The summed E-state index contributed by atoms with van der Waals surface area (Å²) in [5.74, 6) is 1.20. The van der Waals surface area contributed by atoms with E-state index >= 15 is 0 Å². The highest BCUT2D eigenvalue weighted by molar-refractivity contribution is 5.72. The maximum Gasteiger partial charge on any atom is 0.238 e. The number of carbonyl (C=O) groups is 1. The lowest BCUT2D eigenvalue weighted by molar-refractivity contribution is -0.118. The molecule has 0 heterocycles. The summed E-state index contributed by atoms with van der Waals surface area (Å²) in [6.45, 7) is 0. The Bertz CT molecular complexity index is 368. The summed E-state index contributed by atoms with van der Waals surface area (Å²) in [6, 6.07) is 5.75. The quantitative estimate of drug-likeness (QED) is 0.666.